The van der Waals surface area contributed by atoms with Gasteiger partial charge in [0.15, 0.2) is 0 Å². The van der Waals surface area contributed by atoms with E-state index < -0.39 is 10.0 Å². The quantitative estimate of drug-likeness (QED) is 0.715. The molecule has 156 valence electrons. The zero-order chi connectivity index (χ0) is 20.7. The van der Waals surface area contributed by atoms with Gasteiger partial charge in [0.05, 0.1) is 11.7 Å². The number of hydrogen-bond acceptors (Lipinski definition) is 4. The van der Waals surface area contributed by atoms with Crippen LogP contribution in [-0.2, 0) is 14.8 Å². The number of nitrogens with one attached hydrogen (secondary N) is 1. The van der Waals surface area contributed by atoms with E-state index in [0.717, 1.165) is 0 Å². The van der Waals surface area contributed by atoms with Crippen molar-refractivity contribution in [2.24, 2.45) is 5.92 Å². The number of hydrogen-bond donors (Lipinski definition) is 1. The first-order valence-corrected chi connectivity index (χ1v) is 11.6. The molecular formula is C20H31N3O4S. The molecule has 2 amide bonds. The van der Waals surface area contributed by atoms with Crippen LogP contribution in [0.25, 0.3) is 0 Å². The van der Waals surface area contributed by atoms with Gasteiger partial charge >= 0.3 is 0 Å². The van der Waals surface area contributed by atoms with Crippen LogP contribution in [0.2, 0.25) is 0 Å². The monoisotopic (exact) mass is 409 g/mol. The molecular weight excluding hydrogens is 378 g/mol. The average Bonchev–Trinajstić information content (AvgIpc) is 2.69. The highest BCUT2D eigenvalue weighted by Crippen LogP contribution is 2.22. The number of rotatable bonds is 8. The van der Waals surface area contributed by atoms with E-state index in [1.807, 2.05) is 20.8 Å². The largest absolute Gasteiger partial charge is 0.339 e. The van der Waals surface area contributed by atoms with E-state index in [2.05, 4.69) is 5.32 Å². The van der Waals surface area contributed by atoms with Crippen LogP contribution in [0, 0.1) is 5.92 Å². The van der Waals surface area contributed by atoms with E-state index in [1.54, 1.807) is 29.2 Å². The third-order valence-corrected chi connectivity index (χ3v) is 7.10. The molecule has 28 heavy (non-hydrogen) atoms. The van der Waals surface area contributed by atoms with Gasteiger partial charge in [-0.05, 0) is 57.4 Å². The lowest BCUT2D eigenvalue weighted by Crippen LogP contribution is -2.44. The Kier molecular flexibility index (Phi) is 8.00. The van der Waals surface area contributed by atoms with Crippen molar-refractivity contribution in [3.8, 4) is 0 Å². The summed E-state index contributed by atoms with van der Waals surface area (Å²) >= 11 is 0. The number of anilines is 1. The van der Waals surface area contributed by atoms with Gasteiger partial charge in [-0.3, -0.25) is 9.59 Å². The second-order valence-electron chi connectivity index (χ2n) is 7.06. The van der Waals surface area contributed by atoms with E-state index >= 15 is 0 Å². The summed E-state index contributed by atoms with van der Waals surface area (Å²) in [4.78, 5) is 26.7. The van der Waals surface area contributed by atoms with Crippen LogP contribution >= 0.6 is 0 Å². The highest BCUT2D eigenvalue weighted by molar-refractivity contribution is 7.89. The number of benzene rings is 1. The Hall–Kier alpha value is -1.93. The Balaban J connectivity index is 2.00. The van der Waals surface area contributed by atoms with Crippen LogP contribution in [0.15, 0.2) is 24.3 Å². The van der Waals surface area contributed by atoms with E-state index in [4.69, 9.17) is 0 Å². The Morgan fingerprint density at radius 3 is 2.36 bits per heavy atom. The summed E-state index contributed by atoms with van der Waals surface area (Å²) < 4.78 is 26.0. The maximum Gasteiger partial charge on any atom is 0.253 e. The van der Waals surface area contributed by atoms with Gasteiger partial charge in [-0.15, -0.1) is 0 Å². The summed E-state index contributed by atoms with van der Waals surface area (Å²) in [6.45, 7) is 7.70. The summed E-state index contributed by atoms with van der Waals surface area (Å²) in [6.07, 6.45) is 1.91. The van der Waals surface area contributed by atoms with Gasteiger partial charge in [-0.2, -0.15) is 0 Å². The molecule has 1 unspecified atom stereocenters. The number of piperidine rings is 1. The van der Waals surface area contributed by atoms with Gasteiger partial charge in [0, 0.05) is 37.4 Å². The van der Waals surface area contributed by atoms with Crippen molar-refractivity contribution in [2.75, 3.05) is 37.2 Å². The fraction of sp³-hybridized carbons (Fsp3) is 0.600. The van der Waals surface area contributed by atoms with Gasteiger partial charge < -0.3 is 10.2 Å². The molecule has 1 heterocycles. The van der Waals surface area contributed by atoms with E-state index in [1.165, 1.54) is 4.31 Å². The lowest BCUT2D eigenvalue weighted by atomic mass is 9.98. The first kappa shape index (κ1) is 22.4. The maximum atomic E-state index is 12.6. The predicted octanol–water partition coefficient (Wildman–Crippen LogP) is 2.56. The molecule has 0 bridgehead atoms. The molecule has 0 radical (unpaired) electrons. The summed E-state index contributed by atoms with van der Waals surface area (Å²) in [5.41, 5.74) is 1.19. The molecule has 1 atom stereocenters. The average molecular weight is 410 g/mol. The molecule has 1 fully saturated rings. The van der Waals surface area contributed by atoms with Crippen molar-refractivity contribution in [3.63, 3.8) is 0 Å². The first-order chi connectivity index (χ1) is 13.3. The van der Waals surface area contributed by atoms with Crippen molar-refractivity contribution in [1.29, 1.82) is 0 Å². The van der Waals surface area contributed by atoms with Gasteiger partial charge in [0.2, 0.25) is 15.9 Å². The van der Waals surface area contributed by atoms with Gasteiger partial charge in [-0.1, -0.05) is 6.92 Å². The molecule has 0 aliphatic carbocycles. The highest BCUT2D eigenvalue weighted by Gasteiger charge is 2.31. The maximum absolute atomic E-state index is 12.6. The zero-order valence-corrected chi connectivity index (χ0v) is 17.8. The van der Waals surface area contributed by atoms with Crippen molar-refractivity contribution >= 4 is 27.5 Å². The second-order valence-corrected chi connectivity index (χ2v) is 9.15. The zero-order valence-electron chi connectivity index (χ0n) is 17.0. The molecule has 1 aliphatic heterocycles. The summed E-state index contributed by atoms with van der Waals surface area (Å²) in [7, 11) is -3.29. The summed E-state index contributed by atoms with van der Waals surface area (Å²) in [5, 5.41) is 2.85. The minimum atomic E-state index is -3.29. The molecule has 1 N–H and O–H groups in total. The number of carbonyl (C=O) groups is 2. The normalized spacial score (nSPS) is 17.9. The molecule has 0 spiro atoms. The minimum Gasteiger partial charge on any atom is -0.339 e. The first-order valence-electron chi connectivity index (χ1n) is 10.00. The summed E-state index contributed by atoms with van der Waals surface area (Å²) in [5.74, 6) is -0.466. The lowest BCUT2D eigenvalue weighted by molar-refractivity contribution is -0.120. The molecule has 1 saturated heterocycles. The second kappa shape index (κ2) is 10.0. The van der Waals surface area contributed by atoms with Crippen molar-refractivity contribution in [1.82, 2.24) is 9.21 Å². The van der Waals surface area contributed by atoms with Crippen LogP contribution < -0.4 is 5.32 Å². The molecule has 0 saturated carbocycles. The molecule has 0 aromatic heterocycles. The van der Waals surface area contributed by atoms with Crippen LogP contribution in [0.5, 0.6) is 0 Å². The number of sulfonamides is 1. The Morgan fingerprint density at radius 1 is 1.14 bits per heavy atom. The highest BCUT2D eigenvalue weighted by atomic mass is 32.2. The van der Waals surface area contributed by atoms with Crippen LogP contribution in [0.1, 0.15) is 50.4 Å². The van der Waals surface area contributed by atoms with Crippen molar-refractivity contribution in [2.45, 2.75) is 40.0 Å². The number of nitrogens with zero attached hydrogens (tertiary/aromatic N) is 2. The lowest BCUT2D eigenvalue weighted by Gasteiger charge is -2.31. The van der Waals surface area contributed by atoms with Gasteiger partial charge in [0.1, 0.15) is 0 Å². The topological polar surface area (TPSA) is 86.8 Å². The third kappa shape index (κ3) is 5.54. The smallest absolute Gasteiger partial charge is 0.253 e. The Bertz CT molecular complexity index is 773. The van der Waals surface area contributed by atoms with Crippen molar-refractivity contribution in [3.05, 3.63) is 29.8 Å². The SMILES string of the molecule is CCCS(=O)(=O)N1CCCC(C(=O)Nc2ccc(C(=O)N(CC)CC)cc2)C1. The molecule has 1 aromatic carbocycles. The minimum absolute atomic E-state index is 0.0353. The molecule has 7 nitrogen and oxygen atoms in total. The predicted molar refractivity (Wildman–Crippen MR) is 111 cm³/mol. The van der Waals surface area contributed by atoms with E-state index in [9.17, 15) is 18.0 Å². The molecule has 1 aromatic rings. The van der Waals surface area contributed by atoms with Crippen LogP contribution in [0.4, 0.5) is 5.69 Å². The molecule has 8 heteroatoms. The molecule has 2 rings (SSSR count). The van der Waals surface area contributed by atoms with Crippen molar-refractivity contribution < 1.29 is 18.0 Å². The number of amides is 2. The van der Waals surface area contributed by atoms with Gasteiger partial charge in [0.25, 0.3) is 5.91 Å². The van der Waals surface area contributed by atoms with E-state index in [-0.39, 0.29) is 30.0 Å². The summed E-state index contributed by atoms with van der Waals surface area (Å²) in [6, 6.07) is 6.83. The Morgan fingerprint density at radius 2 is 1.79 bits per heavy atom. The Labute approximate surface area is 168 Å². The van der Waals surface area contributed by atoms with Crippen LogP contribution in [0.3, 0.4) is 0 Å². The fourth-order valence-electron chi connectivity index (χ4n) is 3.43. The molecule has 1 aliphatic rings. The standard InChI is InChI=1S/C20H31N3O4S/c1-4-14-28(26,27)23-13-7-8-17(15-23)19(24)21-18-11-9-16(10-12-18)20(25)22(5-2)6-3/h9-12,17H,4-8,13-15H2,1-3H3,(H,21,24). The van der Waals surface area contributed by atoms with Gasteiger partial charge in [-0.25, -0.2) is 12.7 Å². The van der Waals surface area contributed by atoms with E-state index in [0.29, 0.717) is 50.1 Å². The van der Waals surface area contributed by atoms with Crippen LogP contribution in [-0.4, -0.2) is 61.4 Å². The fourth-order valence-corrected chi connectivity index (χ4v) is 5.02. The number of carbonyl (C=O) groups excluding carboxylic acids is 2. The third-order valence-electron chi connectivity index (χ3n) is 5.06.